The second-order valence-electron chi connectivity index (χ2n) is 8.34. The molecule has 6 heteroatoms. The Morgan fingerprint density at radius 3 is 1.96 bits per heavy atom. The second-order valence-corrected chi connectivity index (χ2v) is 8.34. The van der Waals surface area contributed by atoms with Gasteiger partial charge in [-0.1, -0.05) is 20.8 Å². The molecule has 0 aromatic heterocycles. The first-order valence-electron chi connectivity index (χ1n) is 8.90. The number of hydrogen-bond acceptors (Lipinski definition) is 4. The lowest BCUT2D eigenvalue weighted by atomic mass is 9.94. The molecule has 1 rings (SSSR count). The van der Waals surface area contributed by atoms with E-state index in [4.69, 9.17) is 0 Å². The second kappa shape index (κ2) is 8.30. The van der Waals surface area contributed by atoms with E-state index in [1.807, 2.05) is 32.7 Å². The van der Waals surface area contributed by atoms with Gasteiger partial charge in [0.1, 0.15) is 6.04 Å². The van der Waals surface area contributed by atoms with E-state index in [-0.39, 0.29) is 11.8 Å². The zero-order chi connectivity index (χ0) is 18.7. The summed E-state index contributed by atoms with van der Waals surface area (Å²) in [5, 5.41) is 0. The molecule has 0 spiro atoms. The quantitative estimate of drug-likeness (QED) is 0.748. The molecular weight excluding hydrogens is 304 g/mol. The van der Waals surface area contributed by atoms with Crippen molar-refractivity contribution in [1.82, 2.24) is 19.6 Å². The van der Waals surface area contributed by atoms with E-state index >= 15 is 0 Å². The molecule has 1 atom stereocenters. The summed E-state index contributed by atoms with van der Waals surface area (Å²) in [5.41, 5.74) is -0.494. The smallest absolute Gasteiger partial charge is 0.246 e. The lowest BCUT2D eigenvalue weighted by Gasteiger charge is -2.40. The average molecular weight is 341 g/mol. The monoisotopic (exact) mass is 340 g/mol. The lowest BCUT2D eigenvalue weighted by Crippen LogP contribution is -2.59. The van der Waals surface area contributed by atoms with Crippen LogP contribution in [-0.2, 0) is 9.59 Å². The molecule has 1 unspecified atom stereocenters. The maximum atomic E-state index is 13.1. The van der Waals surface area contributed by atoms with Crippen molar-refractivity contribution >= 4 is 11.8 Å². The van der Waals surface area contributed by atoms with E-state index < -0.39 is 11.5 Å². The van der Waals surface area contributed by atoms with Crippen LogP contribution >= 0.6 is 0 Å². The van der Waals surface area contributed by atoms with Crippen molar-refractivity contribution in [2.75, 3.05) is 53.9 Å². The Balaban J connectivity index is 2.95. The number of rotatable bonds is 5. The molecule has 1 fully saturated rings. The number of carbonyl (C=O) groups is 2. The fourth-order valence-corrected chi connectivity index (χ4v) is 2.76. The summed E-state index contributed by atoms with van der Waals surface area (Å²) in [6.45, 7) is 13.7. The third-order valence-electron chi connectivity index (χ3n) is 4.87. The Hall–Kier alpha value is -1.14. The summed E-state index contributed by atoms with van der Waals surface area (Å²) >= 11 is 0. The van der Waals surface area contributed by atoms with E-state index in [1.54, 1.807) is 11.9 Å². The summed E-state index contributed by atoms with van der Waals surface area (Å²) in [5.74, 6) is 0.0721. The van der Waals surface area contributed by atoms with Gasteiger partial charge in [0.05, 0.1) is 0 Å². The fraction of sp³-hybridized carbons (Fsp3) is 0.889. The number of amides is 2. The Bertz CT molecular complexity index is 437. The minimum absolute atomic E-state index is 0.00661. The van der Waals surface area contributed by atoms with Crippen molar-refractivity contribution in [1.29, 1.82) is 0 Å². The van der Waals surface area contributed by atoms with Gasteiger partial charge in [-0.15, -0.1) is 0 Å². The largest absolute Gasteiger partial charge is 0.338 e. The van der Waals surface area contributed by atoms with Gasteiger partial charge >= 0.3 is 0 Å². The Morgan fingerprint density at radius 1 is 1.04 bits per heavy atom. The van der Waals surface area contributed by atoms with Crippen LogP contribution in [0.2, 0.25) is 0 Å². The molecule has 1 aliphatic heterocycles. The van der Waals surface area contributed by atoms with Crippen LogP contribution < -0.4 is 0 Å². The van der Waals surface area contributed by atoms with Crippen molar-refractivity contribution < 1.29 is 9.59 Å². The number of hydrogen-bond donors (Lipinski definition) is 0. The van der Waals surface area contributed by atoms with Crippen LogP contribution in [0.4, 0.5) is 0 Å². The first kappa shape index (κ1) is 20.9. The highest BCUT2D eigenvalue weighted by Gasteiger charge is 2.36. The summed E-state index contributed by atoms with van der Waals surface area (Å²) < 4.78 is 0. The minimum Gasteiger partial charge on any atom is -0.338 e. The molecule has 0 aliphatic carbocycles. The zero-order valence-electron chi connectivity index (χ0n) is 16.8. The third-order valence-corrected chi connectivity index (χ3v) is 4.87. The molecule has 0 bridgehead atoms. The molecule has 0 radical (unpaired) electrons. The molecule has 0 aromatic rings. The van der Waals surface area contributed by atoms with E-state index in [9.17, 15) is 9.59 Å². The van der Waals surface area contributed by atoms with Gasteiger partial charge in [-0.25, -0.2) is 0 Å². The molecule has 1 heterocycles. The number of piperazine rings is 1. The Morgan fingerprint density at radius 2 is 1.54 bits per heavy atom. The molecular formula is C18H36N4O2. The van der Waals surface area contributed by atoms with Gasteiger partial charge < -0.3 is 19.6 Å². The van der Waals surface area contributed by atoms with Gasteiger partial charge in [0, 0.05) is 51.2 Å². The maximum Gasteiger partial charge on any atom is 0.246 e. The third kappa shape index (κ3) is 5.45. The normalized spacial score (nSPS) is 18.2. The van der Waals surface area contributed by atoms with Gasteiger partial charge in [0.15, 0.2) is 0 Å². The first-order chi connectivity index (χ1) is 10.9. The van der Waals surface area contributed by atoms with E-state index in [0.717, 1.165) is 26.2 Å². The van der Waals surface area contributed by atoms with Crippen LogP contribution in [0, 0.1) is 5.41 Å². The fourth-order valence-electron chi connectivity index (χ4n) is 2.76. The van der Waals surface area contributed by atoms with Crippen molar-refractivity contribution in [3.8, 4) is 0 Å². The van der Waals surface area contributed by atoms with Crippen LogP contribution in [0.1, 0.15) is 34.6 Å². The first-order valence-corrected chi connectivity index (χ1v) is 8.90. The average Bonchev–Trinajstić information content (AvgIpc) is 2.50. The topological polar surface area (TPSA) is 47.1 Å². The van der Waals surface area contributed by atoms with Gasteiger partial charge in [-0.3, -0.25) is 9.59 Å². The van der Waals surface area contributed by atoms with E-state index in [1.165, 1.54) is 0 Å². The predicted octanol–water partition coefficient (Wildman–Crippen LogP) is 0.974. The van der Waals surface area contributed by atoms with E-state index in [0.29, 0.717) is 12.6 Å². The molecule has 1 aliphatic rings. The molecule has 6 nitrogen and oxygen atoms in total. The maximum absolute atomic E-state index is 13.1. The van der Waals surface area contributed by atoms with E-state index in [2.05, 4.69) is 30.7 Å². The molecule has 0 aromatic carbocycles. The summed E-state index contributed by atoms with van der Waals surface area (Å²) in [6.07, 6.45) is 0. The van der Waals surface area contributed by atoms with Gasteiger partial charge in [-0.2, -0.15) is 0 Å². The van der Waals surface area contributed by atoms with Crippen molar-refractivity contribution in [3.05, 3.63) is 0 Å². The van der Waals surface area contributed by atoms with Crippen LogP contribution in [-0.4, -0.2) is 97.4 Å². The van der Waals surface area contributed by atoms with Crippen LogP contribution in [0.3, 0.4) is 0 Å². The molecule has 24 heavy (non-hydrogen) atoms. The Labute approximate surface area is 147 Å². The van der Waals surface area contributed by atoms with Gasteiger partial charge in [0.25, 0.3) is 0 Å². The minimum atomic E-state index is -0.494. The summed E-state index contributed by atoms with van der Waals surface area (Å²) in [4.78, 5) is 33.8. The highest BCUT2D eigenvalue weighted by atomic mass is 16.2. The molecule has 0 saturated carbocycles. The van der Waals surface area contributed by atoms with Crippen LogP contribution in [0.25, 0.3) is 0 Å². The highest BCUT2D eigenvalue weighted by Crippen LogP contribution is 2.20. The van der Waals surface area contributed by atoms with Crippen molar-refractivity contribution in [3.63, 3.8) is 0 Å². The standard InChI is InChI=1S/C18H36N4O2/c1-14(2)20(7)13-15(21(8)17(24)18(3,4)5)16(23)22-11-9-19(6)10-12-22/h14-15H,9-13H2,1-8H3. The van der Waals surface area contributed by atoms with Gasteiger partial charge in [-0.05, 0) is 27.9 Å². The Kier molecular flexibility index (Phi) is 7.23. The van der Waals surface area contributed by atoms with Crippen LogP contribution in [0.5, 0.6) is 0 Å². The van der Waals surface area contributed by atoms with Crippen LogP contribution in [0.15, 0.2) is 0 Å². The summed E-state index contributed by atoms with van der Waals surface area (Å²) in [7, 11) is 5.84. The van der Waals surface area contributed by atoms with Crippen molar-refractivity contribution in [2.45, 2.75) is 46.7 Å². The number of likely N-dealkylation sites (N-methyl/N-ethyl adjacent to an activating group) is 3. The summed E-state index contributed by atoms with van der Waals surface area (Å²) in [6, 6.07) is -0.113. The number of carbonyl (C=O) groups excluding carboxylic acids is 2. The van der Waals surface area contributed by atoms with Gasteiger partial charge in [0.2, 0.25) is 11.8 Å². The lowest BCUT2D eigenvalue weighted by molar-refractivity contribution is -0.150. The zero-order valence-corrected chi connectivity index (χ0v) is 16.8. The predicted molar refractivity (Wildman–Crippen MR) is 97.9 cm³/mol. The molecule has 2 amide bonds. The molecule has 1 saturated heterocycles. The highest BCUT2D eigenvalue weighted by molar-refractivity contribution is 5.89. The molecule has 140 valence electrons. The molecule has 0 N–H and O–H groups in total. The van der Waals surface area contributed by atoms with Crippen molar-refractivity contribution in [2.24, 2.45) is 5.41 Å². The SMILES string of the molecule is CC(C)N(C)CC(C(=O)N1CCN(C)CC1)N(C)C(=O)C(C)(C)C. The number of nitrogens with zero attached hydrogens (tertiary/aromatic N) is 4.